The summed E-state index contributed by atoms with van der Waals surface area (Å²) in [6.07, 6.45) is 0. The number of carbonyl (C=O) groups excluding carboxylic acids is 1. The number of furan rings is 1. The third-order valence-electron chi connectivity index (χ3n) is 3.60. The van der Waals surface area contributed by atoms with Gasteiger partial charge in [-0.25, -0.2) is 13.6 Å². The van der Waals surface area contributed by atoms with Gasteiger partial charge in [0.05, 0.1) is 0 Å². The van der Waals surface area contributed by atoms with Crippen molar-refractivity contribution < 1.29 is 17.6 Å². The summed E-state index contributed by atoms with van der Waals surface area (Å²) in [4.78, 5) is 12.0. The van der Waals surface area contributed by atoms with Gasteiger partial charge in [-0.2, -0.15) is 0 Å². The first-order valence-electron chi connectivity index (χ1n) is 7.44. The highest BCUT2D eigenvalue weighted by Gasteiger charge is 2.18. The Morgan fingerprint density at radius 1 is 1.12 bits per heavy atom. The van der Waals surface area contributed by atoms with E-state index in [-0.39, 0.29) is 18.3 Å². The fraction of sp³-hybridized carbons (Fsp3) is 0.312. The first-order valence-corrected chi connectivity index (χ1v) is 8.99. The van der Waals surface area contributed by atoms with Crippen molar-refractivity contribution in [1.29, 1.82) is 0 Å². The fourth-order valence-electron chi connectivity index (χ4n) is 2.13. The molecule has 0 aliphatic carbocycles. The zero-order chi connectivity index (χ0) is 17.9. The summed E-state index contributed by atoms with van der Waals surface area (Å²) in [6, 6.07) is 9.87. The van der Waals surface area contributed by atoms with Crippen LogP contribution in [0.15, 0.2) is 45.9 Å². The van der Waals surface area contributed by atoms with Crippen LogP contribution >= 0.6 is 0 Å². The number of sulfonamides is 1. The topological polar surface area (TPSA) is 128 Å². The van der Waals surface area contributed by atoms with Crippen LogP contribution in [0.2, 0.25) is 0 Å². The molecule has 1 unspecified atom stereocenters. The highest BCUT2D eigenvalue weighted by Crippen LogP contribution is 2.17. The lowest BCUT2D eigenvalue weighted by Gasteiger charge is -2.14. The van der Waals surface area contributed by atoms with Crippen molar-refractivity contribution in [3.63, 3.8) is 0 Å². The summed E-state index contributed by atoms with van der Waals surface area (Å²) < 4.78 is 27.2. The maximum absolute atomic E-state index is 12.0. The van der Waals surface area contributed by atoms with Crippen LogP contribution < -0.4 is 16.2 Å². The van der Waals surface area contributed by atoms with Crippen molar-refractivity contribution in [2.24, 2.45) is 10.9 Å². The molecule has 0 aliphatic rings. The minimum absolute atomic E-state index is 0.138. The third-order valence-corrected chi connectivity index (χ3v) is 4.38. The van der Waals surface area contributed by atoms with Gasteiger partial charge in [0.2, 0.25) is 5.09 Å². The second kappa shape index (κ2) is 7.16. The summed E-state index contributed by atoms with van der Waals surface area (Å²) in [5, 5.41) is 7.08. The minimum atomic E-state index is -3.97. The van der Waals surface area contributed by atoms with Crippen LogP contribution in [-0.2, 0) is 10.0 Å². The average Bonchev–Trinajstić information content (AvgIpc) is 3.02. The molecule has 0 radical (unpaired) electrons. The van der Waals surface area contributed by atoms with Crippen LogP contribution in [0.5, 0.6) is 0 Å². The Balaban J connectivity index is 1.97. The molecule has 130 valence electrons. The molecule has 1 heterocycles. The number of primary sulfonamides is 1. The molecular weight excluding hydrogens is 330 g/mol. The summed E-state index contributed by atoms with van der Waals surface area (Å²) in [5.41, 5.74) is 8.16. The molecule has 7 nitrogen and oxygen atoms in total. The molecule has 1 atom stereocenters. The second-order valence-corrected chi connectivity index (χ2v) is 7.29. The van der Waals surface area contributed by atoms with E-state index in [0.29, 0.717) is 5.92 Å². The SMILES string of the molecule is CC(C)c1ccc(C(N)CNC(=O)c2ccc(S(N)(=O)=O)o2)cc1. The Kier molecular flexibility index (Phi) is 5.43. The maximum atomic E-state index is 12.0. The maximum Gasteiger partial charge on any atom is 0.287 e. The Hall–Kier alpha value is -2.16. The molecule has 0 saturated carbocycles. The first kappa shape index (κ1) is 18.2. The van der Waals surface area contributed by atoms with Gasteiger partial charge in [0.1, 0.15) is 0 Å². The second-order valence-electron chi connectivity index (χ2n) is 5.80. The number of rotatable bonds is 6. The molecule has 0 saturated heterocycles. The van der Waals surface area contributed by atoms with Crippen molar-refractivity contribution in [2.45, 2.75) is 30.9 Å². The number of amides is 1. The van der Waals surface area contributed by atoms with E-state index in [1.807, 2.05) is 24.3 Å². The number of nitrogens with two attached hydrogens (primary N) is 2. The summed E-state index contributed by atoms with van der Waals surface area (Å²) in [5.74, 6) is -0.262. The van der Waals surface area contributed by atoms with Crippen LogP contribution in [0.4, 0.5) is 0 Å². The van der Waals surface area contributed by atoms with Crippen molar-refractivity contribution in [3.05, 3.63) is 53.3 Å². The van der Waals surface area contributed by atoms with Crippen LogP contribution in [0.3, 0.4) is 0 Å². The van der Waals surface area contributed by atoms with Crippen LogP contribution in [-0.4, -0.2) is 20.9 Å². The van der Waals surface area contributed by atoms with Crippen LogP contribution in [0.25, 0.3) is 0 Å². The highest BCUT2D eigenvalue weighted by atomic mass is 32.2. The number of benzene rings is 1. The molecule has 1 aromatic heterocycles. The molecule has 1 aromatic carbocycles. The molecule has 2 rings (SSSR count). The largest absolute Gasteiger partial charge is 0.438 e. The quantitative estimate of drug-likeness (QED) is 0.726. The van der Waals surface area contributed by atoms with Gasteiger partial charge in [0.15, 0.2) is 5.76 Å². The van der Waals surface area contributed by atoms with E-state index in [4.69, 9.17) is 15.3 Å². The molecule has 0 aliphatic heterocycles. The molecule has 1 amide bonds. The molecule has 0 bridgehead atoms. The standard InChI is InChI=1S/C16H21N3O4S/c1-10(2)11-3-5-12(6-4-11)13(17)9-19-16(20)14-7-8-15(23-14)24(18,21)22/h3-8,10,13H,9,17H2,1-2H3,(H,19,20)(H2,18,21,22). The van der Waals surface area contributed by atoms with Crippen molar-refractivity contribution in [2.75, 3.05) is 6.54 Å². The minimum Gasteiger partial charge on any atom is -0.438 e. The van der Waals surface area contributed by atoms with Crippen molar-refractivity contribution in [3.8, 4) is 0 Å². The third kappa shape index (κ3) is 4.44. The predicted octanol–water partition coefficient (Wildman–Crippen LogP) is 1.48. The van der Waals surface area contributed by atoms with Gasteiger partial charge in [-0.1, -0.05) is 38.1 Å². The van der Waals surface area contributed by atoms with E-state index in [1.165, 1.54) is 11.6 Å². The molecule has 24 heavy (non-hydrogen) atoms. The number of hydrogen-bond donors (Lipinski definition) is 3. The molecule has 0 spiro atoms. The van der Waals surface area contributed by atoms with Gasteiger partial charge < -0.3 is 15.5 Å². The normalized spacial score (nSPS) is 13.0. The molecular formula is C16H21N3O4S. The lowest BCUT2D eigenvalue weighted by molar-refractivity contribution is 0.0918. The van der Waals surface area contributed by atoms with Gasteiger partial charge in [0, 0.05) is 12.6 Å². The molecule has 2 aromatic rings. The first-order chi connectivity index (χ1) is 11.2. The Labute approximate surface area is 141 Å². The number of nitrogens with one attached hydrogen (secondary N) is 1. The Morgan fingerprint density at radius 2 is 1.71 bits per heavy atom. The van der Waals surface area contributed by atoms with Gasteiger partial charge >= 0.3 is 0 Å². The lowest BCUT2D eigenvalue weighted by atomic mass is 9.99. The number of carbonyl (C=O) groups is 1. The molecule has 8 heteroatoms. The van der Waals surface area contributed by atoms with E-state index in [9.17, 15) is 13.2 Å². The zero-order valence-corrected chi connectivity index (χ0v) is 14.3. The van der Waals surface area contributed by atoms with Crippen molar-refractivity contribution in [1.82, 2.24) is 5.32 Å². The number of hydrogen-bond acceptors (Lipinski definition) is 5. The van der Waals surface area contributed by atoms with Crippen LogP contribution in [0, 0.1) is 0 Å². The lowest BCUT2D eigenvalue weighted by Crippen LogP contribution is -2.31. The molecule has 5 N–H and O–H groups in total. The zero-order valence-electron chi connectivity index (χ0n) is 13.5. The van der Waals surface area contributed by atoms with E-state index < -0.39 is 21.0 Å². The summed E-state index contributed by atoms with van der Waals surface area (Å²) in [7, 11) is -3.97. The summed E-state index contributed by atoms with van der Waals surface area (Å²) in [6.45, 7) is 4.40. The Morgan fingerprint density at radius 3 is 2.21 bits per heavy atom. The van der Waals surface area contributed by atoms with Gasteiger partial charge in [-0.05, 0) is 29.2 Å². The van der Waals surface area contributed by atoms with E-state index in [2.05, 4.69) is 19.2 Å². The van der Waals surface area contributed by atoms with E-state index >= 15 is 0 Å². The van der Waals surface area contributed by atoms with Gasteiger partial charge in [-0.3, -0.25) is 4.79 Å². The molecule has 0 fully saturated rings. The van der Waals surface area contributed by atoms with Gasteiger partial charge in [0.25, 0.3) is 15.9 Å². The van der Waals surface area contributed by atoms with E-state index in [1.54, 1.807) is 0 Å². The Bertz CT molecular complexity index is 810. The predicted molar refractivity (Wildman–Crippen MR) is 89.9 cm³/mol. The average molecular weight is 351 g/mol. The van der Waals surface area contributed by atoms with Gasteiger partial charge in [-0.15, -0.1) is 0 Å². The smallest absolute Gasteiger partial charge is 0.287 e. The van der Waals surface area contributed by atoms with Crippen LogP contribution in [0.1, 0.15) is 47.5 Å². The highest BCUT2D eigenvalue weighted by molar-refractivity contribution is 7.89. The fourth-order valence-corrected chi connectivity index (χ4v) is 2.59. The monoisotopic (exact) mass is 351 g/mol. The van der Waals surface area contributed by atoms with Crippen molar-refractivity contribution >= 4 is 15.9 Å². The van der Waals surface area contributed by atoms with E-state index in [0.717, 1.165) is 11.6 Å². The summed E-state index contributed by atoms with van der Waals surface area (Å²) >= 11 is 0.